The molecule has 82 heavy (non-hydrogen) atoms. The lowest BCUT2D eigenvalue weighted by Gasteiger charge is -2.29. The van der Waals surface area contributed by atoms with Crippen molar-refractivity contribution in [3.05, 3.63) is 302 Å². The number of rotatable bonds is 10. The molecular formula is C78H54N4. The van der Waals surface area contributed by atoms with Crippen LogP contribution in [0.2, 0.25) is 0 Å². The van der Waals surface area contributed by atoms with Crippen LogP contribution >= 0.6 is 0 Å². The summed E-state index contributed by atoms with van der Waals surface area (Å²) >= 11 is 0. The van der Waals surface area contributed by atoms with E-state index in [1.54, 1.807) is 0 Å². The van der Waals surface area contributed by atoms with Gasteiger partial charge in [-0.1, -0.05) is 181 Å². The van der Waals surface area contributed by atoms with Gasteiger partial charge in [0.05, 0.1) is 33.4 Å². The standard InChI is InChI=1S/C78H54N4/c1-51-21-35-61(36-22-51)79(63-39-25-53(26-40-63)57-33-47-75-69(49-57)65-17-9-11-19-71(65)81(75)59-13-5-3-6-14-59)73-45-31-55-30-44-68-74(46-32-56-29-43-67(73)77(55)78(56)68)80(62-37-23-52(2)24-38-62)64-41-27-54(28-42-64)58-34-48-76-70(50-58)66-18-10-12-20-72(66)82(76)60-15-7-4-8-16-60/h3-50H,1-2H3. The van der Waals surface area contributed by atoms with Crippen LogP contribution in [0, 0.1) is 13.8 Å². The number of aryl methyl sites for hydroxylation is 2. The normalized spacial score (nSPS) is 11.8. The van der Waals surface area contributed by atoms with Crippen LogP contribution in [0.4, 0.5) is 34.1 Å². The van der Waals surface area contributed by atoms with Crippen LogP contribution in [0.15, 0.2) is 291 Å². The Morgan fingerprint density at radius 3 is 0.976 bits per heavy atom. The largest absolute Gasteiger partial charge is 0.310 e. The van der Waals surface area contributed by atoms with Crippen molar-refractivity contribution in [2.75, 3.05) is 9.80 Å². The van der Waals surface area contributed by atoms with Crippen molar-refractivity contribution < 1.29 is 0 Å². The minimum absolute atomic E-state index is 1.10. The highest BCUT2D eigenvalue weighted by atomic mass is 15.2. The summed E-state index contributed by atoms with van der Waals surface area (Å²) in [5.74, 6) is 0. The molecule has 0 saturated heterocycles. The van der Waals surface area contributed by atoms with Gasteiger partial charge in [-0.2, -0.15) is 0 Å². The second kappa shape index (κ2) is 19.0. The molecule has 386 valence electrons. The van der Waals surface area contributed by atoms with Gasteiger partial charge in [0.25, 0.3) is 0 Å². The van der Waals surface area contributed by atoms with Gasteiger partial charge in [0.1, 0.15) is 0 Å². The van der Waals surface area contributed by atoms with Gasteiger partial charge in [-0.25, -0.2) is 0 Å². The van der Waals surface area contributed by atoms with Crippen molar-refractivity contribution in [1.29, 1.82) is 0 Å². The second-order valence-corrected chi connectivity index (χ2v) is 21.9. The van der Waals surface area contributed by atoms with Gasteiger partial charge >= 0.3 is 0 Å². The lowest BCUT2D eigenvalue weighted by atomic mass is 9.91. The fourth-order valence-corrected chi connectivity index (χ4v) is 13.0. The predicted octanol–water partition coefficient (Wildman–Crippen LogP) is 21.7. The smallest absolute Gasteiger partial charge is 0.0541 e. The summed E-state index contributed by atoms with van der Waals surface area (Å²) in [6.07, 6.45) is 0. The number of fused-ring (bicyclic) bond motifs is 6. The molecule has 16 rings (SSSR count). The number of nitrogens with zero attached hydrogens (tertiary/aromatic N) is 4. The maximum absolute atomic E-state index is 2.44. The molecular weight excluding hydrogens is 993 g/mol. The molecule has 2 heterocycles. The molecule has 4 nitrogen and oxygen atoms in total. The number of aromatic nitrogens is 2. The summed E-state index contributed by atoms with van der Waals surface area (Å²) in [7, 11) is 0. The minimum Gasteiger partial charge on any atom is -0.310 e. The van der Waals surface area contributed by atoms with E-state index in [-0.39, 0.29) is 0 Å². The fourth-order valence-electron chi connectivity index (χ4n) is 13.0. The van der Waals surface area contributed by atoms with Gasteiger partial charge in [-0.15, -0.1) is 0 Å². The first-order chi connectivity index (χ1) is 40.5. The SMILES string of the molecule is Cc1ccc(N(c2ccc(-c3ccc4c(c3)c3ccccc3n4-c3ccccc3)cc2)c2ccc3ccc4c(N(c5ccc(C)cc5)c5ccc(-c6ccc7c(c6)c6ccccc6n7-c6ccccc6)cc5)ccc5ccc2c3c54)cc1. The number of benzene rings is 14. The fraction of sp³-hybridized carbons (Fsp3) is 0.0256. The molecule has 0 spiro atoms. The Morgan fingerprint density at radius 2 is 0.573 bits per heavy atom. The van der Waals surface area contributed by atoms with E-state index in [0.717, 1.165) is 45.5 Å². The first-order valence-electron chi connectivity index (χ1n) is 28.3. The molecule has 0 atom stereocenters. The zero-order chi connectivity index (χ0) is 54.4. The van der Waals surface area contributed by atoms with Gasteiger partial charge in [-0.3, -0.25) is 0 Å². The van der Waals surface area contributed by atoms with E-state index in [1.165, 1.54) is 109 Å². The number of hydrogen-bond donors (Lipinski definition) is 0. The molecule has 0 aliphatic heterocycles. The van der Waals surface area contributed by atoms with Gasteiger partial charge in [0.15, 0.2) is 0 Å². The summed E-state index contributed by atoms with van der Waals surface area (Å²) in [6.45, 7) is 4.32. The van der Waals surface area contributed by atoms with E-state index in [4.69, 9.17) is 0 Å². The van der Waals surface area contributed by atoms with E-state index in [0.29, 0.717) is 0 Å². The summed E-state index contributed by atoms with van der Waals surface area (Å²) < 4.78 is 4.75. The maximum atomic E-state index is 2.44. The second-order valence-electron chi connectivity index (χ2n) is 21.9. The third kappa shape index (κ3) is 7.68. The third-order valence-electron chi connectivity index (χ3n) is 17.0. The molecule has 0 fully saturated rings. The summed E-state index contributed by atoms with van der Waals surface area (Å²) in [4.78, 5) is 4.87. The van der Waals surface area contributed by atoms with E-state index in [2.05, 4.69) is 324 Å². The molecule has 2 aromatic heterocycles. The average Bonchev–Trinajstić information content (AvgIpc) is 3.52. The van der Waals surface area contributed by atoms with Gasteiger partial charge in [0, 0.05) is 66.4 Å². The molecule has 0 amide bonds. The Balaban J connectivity index is 0.798. The number of hydrogen-bond acceptors (Lipinski definition) is 2. The Hall–Kier alpha value is -10.7. The molecule has 4 heteroatoms. The molecule has 0 unspecified atom stereocenters. The zero-order valence-corrected chi connectivity index (χ0v) is 45.5. The van der Waals surface area contributed by atoms with Crippen LogP contribution in [0.1, 0.15) is 11.1 Å². The summed E-state index contributed by atoms with van der Waals surface area (Å²) in [6, 6.07) is 107. The van der Waals surface area contributed by atoms with Crippen molar-refractivity contribution in [2.24, 2.45) is 0 Å². The van der Waals surface area contributed by atoms with Gasteiger partial charge in [-0.05, 0) is 179 Å². The lowest BCUT2D eigenvalue weighted by molar-refractivity contribution is 1.18. The average molecular weight is 1050 g/mol. The van der Waals surface area contributed by atoms with E-state index in [9.17, 15) is 0 Å². The van der Waals surface area contributed by atoms with Crippen molar-refractivity contribution in [3.8, 4) is 33.6 Å². The molecule has 0 N–H and O–H groups in total. The highest BCUT2D eigenvalue weighted by molar-refractivity contribution is 6.28. The number of para-hydroxylation sites is 4. The third-order valence-corrected chi connectivity index (χ3v) is 17.0. The lowest BCUT2D eigenvalue weighted by Crippen LogP contribution is -2.11. The molecule has 0 aliphatic rings. The van der Waals surface area contributed by atoms with Crippen molar-refractivity contribution in [2.45, 2.75) is 13.8 Å². The van der Waals surface area contributed by atoms with Crippen LogP contribution in [0.5, 0.6) is 0 Å². The first kappa shape index (κ1) is 47.3. The molecule has 14 aromatic carbocycles. The van der Waals surface area contributed by atoms with Crippen LogP contribution in [-0.4, -0.2) is 9.13 Å². The van der Waals surface area contributed by atoms with Crippen LogP contribution in [-0.2, 0) is 0 Å². The predicted molar refractivity (Wildman–Crippen MR) is 349 cm³/mol. The topological polar surface area (TPSA) is 16.3 Å². The van der Waals surface area contributed by atoms with Crippen molar-refractivity contribution in [3.63, 3.8) is 0 Å². The van der Waals surface area contributed by atoms with Crippen molar-refractivity contribution in [1.82, 2.24) is 9.13 Å². The Bertz CT molecular complexity index is 4750. The van der Waals surface area contributed by atoms with Crippen LogP contribution in [0.25, 0.3) is 110 Å². The Labute approximate surface area is 476 Å². The molecule has 0 aliphatic carbocycles. The minimum atomic E-state index is 1.10. The number of anilines is 6. The van der Waals surface area contributed by atoms with Crippen LogP contribution < -0.4 is 9.80 Å². The summed E-state index contributed by atoms with van der Waals surface area (Å²) in [5, 5.41) is 12.3. The zero-order valence-electron chi connectivity index (χ0n) is 45.5. The first-order valence-corrected chi connectivity index (χ1v) is 28.3. The van der Waals surface area contributed by atoms with Gasteiger partial charge < -0.3 is 18.9 Å². The Kier molecular flexibility index (Phi) is 11.0. The molecule has 16 aromatic rings. The molecule has 0 saturated carbocycles. The van der Waals surface area contributed by atoms with Crippen LogP contribution in [0.3, 0.4) is 0 Å². The highest BCUT2D eigenvalue weighted by Crippen LogP contribution is 2.48. The van der Waals surface area contributed by atoms with E-state index in [1.807, 2.05) is 0 Å². The quantitative estimate of drug-likeness (QED) is 0.127. The van der Waals surface area contributed by atoms with E-state index < -0.39 is 0 Å². The molecule has 0 bridgehead atoms. The van der Waals surface area contributed by atoms with Crippen molar-refractivity contribution >= 4 is 110 Å². The Morgan fingerprint density at radius 1 is 0.244 bits per heavy atom. The van der Waals surface area contributed by atoms with E-state index >= 15 is 0 Å². The van der Waals surface area contributed by atoms with Gasteiger partial charge in [0.2, 0.25) is 0 Å². The monoisotopic (exact) mass is 1050 g/mol. The summed E-state index contributed by atoms with van der Waals surface area (Å²) in [5.41, 5.74) is 21.0. The maximum Gasteiger partial charge on any atom is 0.0541 e. The highest BCUT2D eigenvalue weighted by Gasteiger charge is 2.23. The molecule has 0 radical (unpaired) electrons.